The molecular formula is C30H31N5O5S. The molecule has 10 nitrogen and oxygen atoms in total. The number of aromatic nitrogens is 1. The number of carbonyl (C=O) groups excluding carboxylic acids is 2. The number of rotatable bonds is 8. The highest BCUT2D eigenvalue weighted by Crippen LogP contribution is 2.46. The number of aliphatic hydroxyl groups excluding tert-OH is 2. The van der Waals surface area contributed by atoms with Crippen LogP contribution in [0.4, 0.5) is 21.9 Å². The van der Waals surface area contributed by atoms with Crippen LogP contribution in [0.15, 0.2) is 60.8 Å². The molecule has 2 aromatic carbocycles. The van der Waals surface area contributed by atoms with Crippen LogP contribution in [0.1, 0.15) is 34.5 Å². The molecule has 4 N–H and O–H groups in total. The van der Waals surface area contributed by atoms with Crippen LogP contribution in [0.2, 0.25) is 0 Å². The highest BCUT2D eigenvalue weighted by atomic mass is 32.1. The predicted octanol–water partition coefficient (Wildman–Crippen LogP) is 4.98. The van der Waals surface area contributed by atoms with Crippen molar-refractivity contribution >= 4 is 50.6 Å². The van der Waals surface area contributed by atoms with E-state index in [2.05, 4.69) is 15.6 Å². The van der Waals surface area contributed by atoms with Gasteiger partial charge >= 0.3 is 6.03 Å². The van der Waals surface area contributed by atoms with Crippen molar-refractivity contribution in [1.82, 2.24) is 15.2 Å². The van der Waals surface area contributed by atoms with Crippen molar-refractivity contribution in [3.8, 4) is 11.5 Å². The average molecular weight is 574 g/mol. The van der Waals surface area contributed by atoms with Crippen LogP contribution < -0.4 is 20.3 Å². The van der Waals surface area contributed by atoms with Crippen LogP contribution in [-0.2, 0) is 0 Å². The summed E-state index contributed by atoms with van der Waals surface area (Å²) in [5, 5.41) is 26.2. The summed E-state index contributed by atoms with van der Waals surface area (Å²) in [6, 6.07) is 16.3. The zero-order chi connectivity index (χ0) is 28.5. The normalized spacial score (nSPS) is 17.8. The van der Waals surface area contributed by atoms with Gasteiger partial charge in [-0.1, -0.05) is 18.2 Å². The molecule has 4 heterocycles. The van der Waals surface area contributed by atoms with Gasteiger partial charge in [-0.15, -0.1) is 11.3 Å². The number of urea groups is 1. The molecule has 2 aliphatic heterocycles. The highest BCUT2D eigenvalue weighted by molar-refractivity contribution is 7.21. The maximum absolute atomic E-state index is 13.5. The summed E-state index contributed by atoms with van der Waals surface area (Å²) in [4.78, 5) is 36.0. The number of ether oxygens (including phenoxy) is 1. The summed E-state index contributed by atoms with van der Waals surface area (Å²) in [7, 11) is 0. The first-order valence-corrected chi connectivity index (χ1v) is 14.4. The lowest BCUT2D eigenvalue weighted by atomic mass is 10.0. The third-order valence-electron chi connectivity index (χ3n) is 7.44. The van der Waals surface area contributed by atoms with Gasteiger partial charge in [0.1, 0.15) is 27.4 Å². The van der Waals surface area contributed by atoms with E-state index in [1.165, 1.54) is 11.3 Å². The van der Waals surface area contributed by atoms with Gasteiger partial charge in [-0.2, -0.15) is 0 Å². The van der Waals surface area contributed by atoms with E-state index in [0.29, 0.717) is 45.6 Å². The molecule has 0 radical (unpaired) electrons. The Labute approximate surface area is 241 Å². The van der Waals surface area contributed by atoms with Crippen molar-refractivity contribution in [1.29, 1.82) is 0 Å². The summed E-state index contributed by atoms with van der Waals surface area (Å²) >= 11 is 1.24. The number of hydrogen-bond acceptors (Lipinski definition) is 8. The molecule has 1 fully saturated rings. The number of thiophene rings is 1. The zero-order valence-corrected chi connectivity index (χ0v) is 23.4. The third-order valence-corrected chi connectivity index (χ3v) is 8.53. The van der Waals surface area contributed by atoms with Gasteiger partial charge in [0, 0.05) is 38.4 Å². The minimum atomic E-state index is -0.746. The molecule has 41 heavy (non-hydrogen) atoms. The second-order valence-electron chi connectivity index (χ2n) is 10.2. The molecular weight excluding hydrogens is 542 g/mol. The lowest BCUT2D eigenvalue weighted by molar-refractivity contribution is -0.0289. The smallest absolute Gasteiger partial charge is 0.331 e. The van der Waals surface area contributed by atoms with E-state index in [4.69, 9.17) is 4.74 Å². The number of aliphatic hydroxyl groups is 2. The van der Waals surface area contributed by atoms with Gasteiger partial charge in [-0.3, -0.25) is 14.6 Å². The second kappa shape index (κ2) is 11.5. The maximum Gasteiger partial charge on any atom is 0.331 e. The summed E-state index contributed by atoms with van der Waals surface area (Å²) < 4.78 is 5.97. The number of benzene rings is 2. The molecule has 11 heteroatoms. The Hall–Kier alpha value is -4.03. The molecule has 1 unspecified atom stereocenters. The van der Waals surface area contributed by atoms with E-state index >= 15 is 0 Å². The van der Waals surface area contributed by atoms with E-state index < -0.39 is 6.23 Å². The van der Waals surface area contributed by atoms with Crippen LogP contribution in [0, 0.1) is 6.92 Å². The van der Waals surface area contributed by atoms with Gasteiger partial charge in [0.2, 0.25) is 0 Å². The first kappa shape index (κ1) is 27.2. The molecule has 6 rings (SSSR count). The van der Waals surface area contributed by atoms with Crippen molar-refractivity contribution in [3.63, 3.8) is 0 Å². The number of nitrogens with zero attached hydrogens (tertiary/aromatic N) is 3. The zero-order valence-electron chi connectivity index (χ0n) is 22.5. The van der Waals surface area contributed by atoms with Crippen LogP contribution in [0.25, 0.3) is 10.2 Å². The number of amides is 3. The standard InChI is InChI=1S/C30H31N5O5S/c1-18-16-21(40-20-7-3-2-4-8-20)9-10-22(18)35-23-11-13-31-29-25(23)26(33-30(35)39)27(41-29)28(38)32-19-6-5-14-34(17-19)24(37)12-15-36/h2-4,7-11,13,16,19,24,36-37H,5-6,12,14-15,17H2,1H3,(H,32,38)(H,33,39)/t19-,24?/m1/s1. The average Bonchev–Trinajstić information content (AvgIpc) is 3.34. The van der Waals surface area contributed by atoms with Crippen molar-refractivity contribution in [2.45, 2.75) is 38.5 Å². The Morgan fingerprint density at radius 1 is 1.20 bits per heavy atom. The summed E-state index contributed by atoms with van der Waals surface area (Å²) in [5.74, 6) is 1.10. The lowest BCUT2D eigenvalue weighted by Crippen LogP contribution is -2.51. The fourth-order valence-corrected chi connectivity index (χ4v) is 6.52. The van der Waals surface area contributed by atoms with Crippen molar-refractivity contribution in [2.24, 2.45) is 0 Å². The fraction of sp³-hybridized carbons (Fsp3) is 0.300. The van der Waals surface area contributed by atoms with E-state index in [1.54, 1.807) is 17.2 Å². The van der Waals surface area contributed by atoms with Crippen LogP contribution in [-0.4, -0.2) is 64.0 Å². The minimum absolute atomic E-state index is 0.100. The van der Waals surface area contributed by atoms with Crippen LogP contribution >= 0.6 is 11.3 Å². The topological polar surface area (TPSA) is 127 Å². The maximum atomic E-state index is 13.5. The molecule has 3 amide bonds. The van der Waals surface area contributed by atoms with Crippen LogP contribution in [0.5, 0.6) is 11.5 Å². The molecule has 0 saturated carbocycles. The Balaban J connectivity index is 1.27. The van der Waals surface area contributed by atoms with E-state index in [0.717, 1.165) is 29.5 Å². The first-order valence-electron chi connectivity index (χ1n) is 13.6. The van der Waals surface area contributed by atoms with Crippen molar-refractivity contribution < 1.29 is 24.5 Å². The number of aryl methyl sites for hydroxylation is 1. The molecule has 212 valence electrons. The van der Waals surface area contributed by atoms with E-state index in [-0.39, 0.29) is 31.0 Å². The highest BCUT2D eigenvalue weighted by Gasteiger charge is 2.34. The second-order valence-corrected chi connectivity index (χ2v) is 11.2. The molecule has 0 spiro atoms. The Morgan fingerprint density at radius 3 is 2.80 bits per heavy atom. The molecule has 2 aromatic heterocycles. The molecule has 0 aliphatic carbocycles. The SMILES string of the molecule is Cc1cc(Oc2ccccc2)ccc1N1C(=O)Nc2c(C(=O)N[C@@H]3CCCN(C(O)CCO)C3)sc3nccc1c23. The number of hydrogen-bond donors (Lipinski definition) is 4. The van der Waals surface area contributed by atoms with Crippen LogP contribution in [0.3, 0.4) is 0 Å². The number of para-hydroxylation sites is 1. The number of carbonyl (C=O) groups is 2. The Bertz CT molecular complexity index is 1590. The lowest BCUT2D eigenvalue weighted by Gasteiger charge is -2.36. The third kappa shape index (κ3) is 5.36. The number of pyridine rings is 1. The van der Waals surface area contributed by atoms with Gasteiger partial charge in [-0.25, -0.2) is 9.78 Å². The fourth-order valence-electron chi connectivity index (χ4n) is 5.49. The number of likely N-dealkylation sites (tertiary alicyclic amines) is 1. The van der Waals surface area contributed by atoms with Gasteiger partial charge in [-0.05, 0) is 61.7 Å². The molecule has 2 atom stereocenters. The Kier molecular flexibility index (Phi) is 7.59. The molecule has 1 saturated heterocycles. The first-order chi connectivity index (χ1) is 19.9. The van der Waals surface area contributed by atoms with Gasteiger partial charge in [0.25, 0.3) is 5.91 Å². The number of nitrogens with one attached hydrogen (secondary N) is 2. The largest absolute Gasteiger partial charge is 0.457 e. The van der Waals surface area contributed by atoms with Crippen molar-refractivity contribution in [2.75, 3.05) is 29.9 Å². The summed E-state index contributed by atoms with van der Waals surface area (Å²) in [6.45, 7) is 3.02. The van der Waals surface area contributed by atoms with Gasteiger partial charge < -0.3 is 25.6 Å². The quantitative estimate of drug-likeness (QED) is 0.234. The number of anilines is 3. The summed E-state index contributed by atoms with van der Waals surface area (Å²) in [6.07, 6.45) is 2.76. The van der Waals surface area contributed by atoms with Crippen molar-refractivity contribution in [3.05, 3.63) is 71.2 Å². The monoisotopic (exact) mass is 573 g/mol. The van der Waals surface area contributed by atoms with E-state index in [1.807, 2.05) is 60.4 Å². The Morgan fingerprint density at radius 2 is 2.02 bits per heavy atom. The molecule has 4 aromatic rings. The van der Waals surface area contributed by atoms with Gasteiger partial charge in [0.05, 0.1) is 22.4 Å². The van der Waals surface area contributed by atoms with Gasteiger partial charge in [0.15, 0.2) is 0 Å². The summed E-state index contributed by atoms with van der Waals surface area (Å²) in [5.41, 5.74) is 2.66. The molecule has 2 aliphatic rings. The van der Waals surface area contributed by atoms with E-state index in [9.17, 15) is 19.8 Å². The molecule has 0 bridgehead atoms. The predicted molar refractivity (Wildman–Crippen MR) is 158 cm³/mol. The minimum Gasteiger partial charge on any atom is -0.457 e. The number of piperidine rings is 1.